The van der Waals surface area contributed by atoms with Gasteiger partial charge in [-0.05, 0) is 73.2 Å². The molecule has 33 heavy (non-hydrogen) atoms. The van der Waals surface area contributed by atoms with E-state index in [1.54, 1.807) is 6.07 Å². The van der Waals surface area contributed by atoms with Crippen molar-refractivity contribution >= 4 is 5.97 Å². The van der Waals surface area contributed by atoms with E-state index in [1.165, 1.54) is 25.3 Å². The van der Waals surface area contributed by atoms with Crippen LogP contribution in [0.2, 0.25) is 0 Å². The van der Waals surface area contributed by atoms with Crippen LogP contribution in [0, 0.1) is 17.6 Å². The van der Waals surface area contributed by atoms with E-state index in [1.807, 2.05) is 25.2 Å². The number of carbonyl (C=O) groups excluding carboxylic acids is 1. The third-order valence-electron chi connectivity index (χ3n) is 6.68. The van der Waals surface area contributed by atoms with Crippen LogP contribution in [-0.4, -0.2) is 50.3 Å². The number of hydrogen-bond donors (Lipinski definition) is 0. The smallest absolute Gasteiger partial charge is 0.332 e. The van der Waals surface area contributed by atoms with Crippen LogP contribution in [0.1, 0.15) is 49.3 Å². The van der Waals surface area contributed by atoms with Crippen LogP contribution in [-0.2, 0) is 27.1 Å². The van der Waals surface area contributed by atoms with Gasteiger partial charge in [0.2, 0.25) is 0 Å². The van der Waals surface area contributed by atoms with Crippen LogP contribution < -0.4 is 0 Å². The topological polar surface area (TPSA) is 38.8 Å². The Bertz CT molecular complexity index is 931. The first-order valence-corrected chi connectivity index (χ1v) is 11.7. The first kappa shape index (κ1) is 25.3. The summed E-state index contributed by atoms with van der Waals surface area (Å²) in [5, 5.41) is 0. The van der Waals surface area contributed by atoms with E-state index in [-0.39, 0.29) is 36.0 Å². The summed E-state index contributed by atoms with van der Waals surface area (Å²) in [6.45, 7) is 5.70. The maximum atomic E-state index is 13.9. The zero-order chi connectivity index (χ0) is 24.0. The fourth-order valence-electron chi connectivity index (χ4n) is 5.13. The number of benzene rings is 2. The third kappa shape index (κ3) is 6.39. The third-order valence-corrected chi connectivity index (χ3v) is 6.68. The molecule has 6 heteroatoms. The minimum atomic E-state index is -0.682. The van der Waals surface area contributed by atoms with E-state index in [0.29, 0.717) is 19.3 Å². The Balaban J connectivity index is 1.78. The number of halogens is 2. The fraction of sp³-hybridized carbons (Fsp3) is 0.519. The van der Waals surface area contributed by atoms with Crippen molar-refractivity contribution in [2.75, 3.05) is 33.9 Å². The number of carbonyl (C=O) groups is 1. The zero-order valence-electron chi connectivity index (χ0n) is 20.1. The molecule has 0 bridgehead atoms. The Kier molecular flexibility index (Phi) is 8.60. The lowest BCUT2D eigenvalue weighted by Gasteiger charge is -2.47. The molecular formula is C27H35F2NO3. The van der Waals surface area contributed by atoms with Gasteiger partial charge in [-0.25, -0.2) is 13.6 Å². The van der Waals surface area contributed by atoms with Crippen LogP contribution in [0.25, 0.3) is 0 Å². The number of likely N-dealkylation sites (N-methyl/N-ethyl adjacent to an activating group) is 1. The Morgan fingerprint density at radius 1 is 1.12 bits per heavy atom. The molecule has 0 spiro atoms. The molecule has 1 aliphatic carbocycles. The minimum Gasteiger partial charge on any atom is -0.457 e. The van der Waals surface area contributed by atoms with E-state index in [0.717, 1.165) is 36.2 Å². The van der Waals surface area contributed by atoms with Gasteiger partial charge >= 0.3 is 5.97 Å². The molecule has 4 nitrogen and oxygen atoms in total. The lowest BCUT2D eigenvalue weighted by Crippen LogP contribution is -2.49. The van der Waals surface area contributed by atoms with E-state index < -0.39 is 5.60 Å². The summed E-state index contributed by atoms with van der Waals surface area (Å²) in [6, 6.07) is 11.5. The van der Waals surface area contributed by atoms with Gasteiger partial charge in [-0.2, -0.15) is 0 Å². The summed E-state index contributed by atoms with van der Waals surface area (Å²) < 4.78 is 38.3. The number of fused-ring (bicyclic) bond motifs is 1. The van der Waals surface area contributed by atoms with Gasteiger partial charge in [-0.1, -0.05) is 32.0 Å². The number of nitrogens with zero attached hydrogens (tertiary/aromatic N) is 1. The van der Waals surface area contributed by atoms with Crippen LogP contribution in [0.15, 0.2) is 42.5 Å². The van der Waals surface area contributed by atoms with Crippen LogP contribution in [0.5, 0.6) is 0 Å². The van der Waals surface area contributed by atoms with Gasteiger partial charge in [0, 0.05) is 32.5 Å². The summed E-state index contributed by atoms with van der Waals surface area (Å²) >= 11 is 0. The molecule has 0 aliphatic heterocycles. The van der Waals surface area contributed by atoms with Gasteiger partial charge in [-0.15, -0.1) is 0 Å². The molecule has 0 heterocycles. The monoisotopic (exact) mass is 459 g/mol. The highest BCUT2D eigenvalue weighted by Gasteiger charge is 2.47. The van der Waals surface area contributed by atoms with E-state index in [2.05, 4.69) is 18.7 Å². The maximum Gasteiger partial charge on any atom is 0.332 e. The van der Waals surface area contributed by atoms with Crippen molar-refractivity contribution in [1.29, 1.82) is 0 Å². The quantitative estimate of drug-likeness (QED) is 0.461. The average molecular weight is 460 g/mol. The van der Waals surface area contributed by atoms with Crippen molar-refractivity contribution in [3.63, 3.8) is 0 Å². The Labute approximate surface area is 195 Å². The highest BCUT2D eigenvalue weighted by Crippen LogP contribution is 2.48. The molecule has 0 saturated carbocycles. The van der Waals surface area contributed by atoms with Crippen molar-refractivity contribution in [2.45, 2.75) is 51.0 Å². The van der Waals surface area contributed by atoms with Crippen molar-refractivity contribution in [2.24, 2.45) is 5.92 Å². The number of aryl methyl sites for hydroxylation is 1. The molecule has 3 rings (SSSR count). The van der Waals surface area contributed by atoms with Gasteiger partial charge in [0.05, 0.1) is 0 Å². The Morgan fingerprint density at radius 3 is 2.48 bits per heavy atom. The van der Waals surface area contributed by atoms with Crippen molar-refractivity contribution < 1.29 is 23.0 Å². The largest absolute Gasteiger partial charge is 0.457 e. The molecule has 0 fully saturated rings. The van der Waals surface area contributed by atoms with Crippen molar-refractivity contribution in [1.82, 2.24) is 4.90 Å². The highest BCUT2D eigenvalue weighted by atomic mass is 19.1. The summed E-state index contributed by atoms with van der Waals surface area (Å²) in [5.41, 5.74) is 2.46. The molecule has 0 saturated heterocycles. The molecule has 0 radical (unpaired) electrons. The number of rotatable bonds is 10. The first-order chi connectivity index (χ1) is 15.7. The standard InChI is InChI=1S/C27H35F2NO3/c1-19(2)26-24-10-9-23(29)17-21(24)11-13-27(26,33-25(31)18-32-4)14-16-30(3)15-12-20-5-7-22(28)8-6-20/h5-10,17,19,26H,11-16,18H2,1-4H3/t26-,27-/m1/s1. The number of hydrogen-bond acceptors (Lipinski definition) is 4. The second kappa shape index (κ2) is 11.2. The van der Waals surface area contributed by atoms with Gasteiger partial charge in [0.1, 0.15) is 23.8 Å². The molecule has 2 aromatic rings. The van der Waals surface area contributed by atoms with Crippen LogP contribution >= 0.6 is 0 Å². The molecule has 0 N–H and O–H groups in total. The molecular weight excluding hydrogens is 424 g/mol. The molecule has 0 amide bonds. The lowest BCUT2D eigenvalue weighted by molar-refractivity contribution is -0.172. The SMILES string of the molecule is COCC(=O)O[C@@]1(CCN(C)CCc2ccc(F)cc2)CCc2cc(F)ccc2[C@H]1C(C)C. The second-order valence-corrected chi connectivity index (χ2v) is 9.47. The molecule has 1 aliphatic rings. The predicted molar refractivity (Wildman–Crippen MR) is 125 cm³/mol. The molecule has 0 aromatic heterocycles. The number of esters is 1. The number of ether oxygens (including phenoxy) is 2. The lowest BCUT2D eigenvalue weighted by atomic mass is 9.65. The summed E-state index contributed by atoms with van der Waals surface area (Å²) in [7, 11) is 3.53. The van der Waals surface area contributed by atoms with Crippen LogP contribution in [0.3, 0.4) is 0 Å². The first-order valence-electron chi connectivity index (χ1n) is 11.7. The van der Waals surface area contributed by atoms with Crippen LogP contribution in [0.4, 0.5) is 8.78 Å². The van der Waals surface area contributed by atoms with Crippen molar-refractivity contribution in [3.05, 3.63) is 70.8 Å². The normalized spacial score (nSPS) is 20.2. The molecule has 0 unspecified atom stereocenters. The van der Waals surface area contributed by atoms with E-state index >= 15 is 0 Å². The highest BCUT2D eigenvalue weighted by molar-refractivity contribution is 5.71. The molecule has 180 valence electrons. The second-order valence-electron chi connectivity index (χ2n) is 9.47. The number of methoxy groups -OCH3 is 1. The average Bonchev–Trinajstić information content (AvgIpc) is 2.77. The Hall–Kier alpha value is -2.31. The fourth-order valence-corrected chi connectivity index (χ4v) is 5.13. The molecule has 2 atom stereocenters. The minimum absolute atomic E-state index is 0.0341. The summed E-state index contributed by atoms with van der Waals surface area (Å²) in [4.78, 5) is 14.8. The zero-order valence-corrected chi connectivity index (χ0v) is 20.1. The predicted octanol–water partition coefficient (Wildman–Crippen LogP) is 5.14. The van der Waals surface area contributed by atoms with Gasteiger partial charge in [0.15, 0.2) is 0 Å². The maximum absolute atomic E-state index is 13.9. The Morgan fingerprint density at radius 2 is 1.82 bits per heavy atom. The van der Waals surface area contributed by atoms with Gasteiger partial charge in [-0.3, -0.25) is 0 Å². The van der Waals surface area contributed by atoms with E-state index in [9.17, 15) is 13.6 Å². The summed E-state index contributed by atoms with van der Waals surface area (Å²) in [6.07, 6.45) is 2.79. The van der Waals surface area contributed by atoms with Gasteiger partial charge < -0.3 is 14.4 Å². The van der Waals surface area contributed by atoms with Crippen molar-refractivity contribution in [3.8, 4) is 0 Å². The summed E-state index contributed by atoms with van der Waals surface area (Å²) in [5.74, 6) is -0.671. The molecule has 2 aromatic carbocycles. The van der Waals surface area contributed by atoms with E-state index in [4.69, 9.17) is 9.47 Å². The van der Waals surface area contributed by atoms with Gasteiger partial charge in [0.25, 0.3) is 0 Å².